The second kappa shape index (κ2) is 9.33. The van der Waals surface area contributed by atoms with Crippen LogP contribution in [0.5, 0.6) is 5.75 Å². The van der Waals surface area contributed by atoms with Crippen molar-refractivity contribution < 1.29 is 18.7 Å². The van der Waals surface area contributed by atoms with Gasteiger partial charge in [-0.2, -0.15) is 0 Å². The van der Waals surface area contributed by atoms with Gasteiger partial charge in [-0.1, -0.05) is 59.6 Å². The Bertz CT molecular complexity index is 1670. The summed E-state index contributed by atoms with van der Waals surface area (Å²) in [5, 5.41) is 1.52. The average molecular weight is 506 g/mol. The fraction of sp³-hybridized carbons (Fsp3) is 0.0370. The summed E-state index contributed by atoms with van der Waals surface area (Å²) in [5.74, 6) is 0.0547. The molecule has 0 saturated carbocycles. The SMILES string of the molecule is COc1ccc(/C(=C/c2c(Cl)c[nH]c(=O)c2Cl)OC(=O)c2ccccc2)c2c1oc1ccccc12. The van der Waals surface area contributed by atoms with Gasteiger partial charge in [0, 0.05) is 28.1 Å². The molecule has 0 saturated heterocycles. The molecule has 8 heteroatoms. The Kier molecular flexibility index (Phi) is 6.07. The molecule has 0 aliphatic heterocycles. The van der Waals surface area contributed by atoms with Crippen molar-refractivity contribution in [1.82, 2.24) is 4.98 Å². The largest absolute Gasteiger partial charge is 0.493 e. The Labute approximate surface area is 209 Å². The zero-order valence-corrected chi connectivity index (χ0v) is 19.8. The number of halogens is 2. The summed E-state index contributed by atoms with van der Waals surface area (Å²) < 4.78 is 17.5. The Morgan fingerprint density at radius 1 is 1.00 bits per heavy atom. The molecule has 0 radical (unpaired) electrons. The van der Waals surface area contributed by atoms with Crippen LogP contribution in [0.25, 0.3) is 33.8 Å². The molecule has 0 amide bonds. The number of carbonyl (C=O) groups excluding carboxylic acids is 1. The molecule has 2 aromatic heterocycles. The van der Waals surface area contributed by atoms with Crippen molar-refractivity contribution in [2.75, 3.05) is 7.11 Å². The number of pyridine rings is 1. The van der Waals surface area contributed by atoms with Gasteiger partial charge in [-0.3, -0.25) is 4.79 Å². The molecule has 0 bridgehead atoms. The molecule has 3 aromatic carbocycles. The molecule has 5 aromatic rings. The number of carbonyl (C=O) groups is 1. The van der Waals surface area contributed by atoms with E-state index in [0.29, 0.717) is 33.4 Å². The van der Waals surface area contributed by atoms with Gasteiger partial charge in [0.05, 0.1) is 17.7 Å². The number of aromatic nitrogens is 1. The molecule has 0 unspecified atom stereocenters. The van der Waals surface area contributed by atoms with Crippen molar-refractivity contribution in [1.29, 1.82) is 0 Å². The van der Waals surface area contributed by atoms with Crippen molar-refractivity contribution in [3.05, 3.63) is 110 Å². The van der Waals surface area contributed by atoms with Gasteiger partial charge in [0.25, 0.3) is 5.56 Å². The van der Waals surface area contributed by atoms with E-state index in [1.54, 1.807) is 49.6 Å². The van der Waals surface area contributed by atoms with Crippen LogP contribution in [0.2, 0.25) is 10.0 Å². The van der Waals surface area contributed by atoms with E-state index >= 15 is 0 Å². The molecule has 0 spiro atoms. The summed E-state index contributed by atoms with van der Waals surface area (Å²) in [6.45, 7) is 0. The first-order valence-corrected chi connectivity index (χ1v) is 11.3. The summed E-state index contributed by atoms with van der Waals surface area (Å²) >= 11 is 12.6. The minimum absolute atomic E-state index is 0.132. The number of benzene rings is 3. The predicted octanol–water partition coefficient (Wildman–Crippen LogP) is 6.94. The maximum Gasteiger partial charge on any atom is 0.343 e. The van der Waals surface area contributed by atoms with Crippen LogP contribution in [-0.2, 0) is 4.74 Å². The number of esters is 1. The monoisotopic (exact) mass is 505 g/mol. The number of hydrogen-bond acceptors (Lipinski definition) is 5. The Hall–Kier alpha value is -4.00. The van der Waals surface area contributed by atoms with Gasteiger partial charge in [0.2, 0.25) is 0 Å². The van der Waals surface area contributed by atoms with Gasteiger partial charge >= 0.3 is 5.97 Å². The number of rotatable bonds is 5. The highest BCUT2D eigenvalue weighted by atomic mass is 35.5. The average Bonchev–Trinajstić information content (AvgIpc) is 3.28. The van der Waals surface area contributed by atoms with Crippen LogP contribution in [0.15, 0.2) is 82.1 Å². The van der Waals surface area contributed by atoms with Crippen molar-refractivity contribution in [2.45, 2.75) is 0 Å². The quantitative estimate of drug-likeness (QED) is 0.206. The first-order chi connectivity index (χ1) is 17.0. The molecule has 1 N–H and O–H groups in total. The molecule has 0 aliphatic carbocycles. The standard InChI is InChI=1S/C27H17Cl2NO5/c1-33-21-12-11-17(23-16-9-5-6-10-20(16)34-25(21)23)22(35-27(32)15-7-3-2-4-8-15)13-18-19(28)14-30-26(31)24(18)29/h2-14H,1H3,(H,30,31)/b22-13-. The lowest BCUT2D eigenvalue weighted by atomic mass is 10.0. The second-order valence-electron chi connectivity index (χ2n) is 7.58. The zero-order chi connectivity index (χ0) is 24.5. The number of fused-ring (bicyclic) bond motifs is 3. The first kappa shape index (κ1) is 22.8. The van der Waals surface area contributed by atoms with Crippen molar-refractivity contribution in [2.24, 2.45) is 0 Å². The van der Waals surface area contributed by atoms with E-state index in [1.807, 2.05) is 24.3 Å². The van der Waals surface area contributed by atoms with Crippen LogP contribution in [0.3, 0.4) is 0 Å². The fourth-order valence-electron chi connectivity index (χ4n) is 3.83. The van der Waals surface area contributed by atoms with Crippen LogP contribution in [0, 0.1) is 0 Å². The van der Waals surface area contributed by atoms with Gasteiger partial charge in [-0.25, -0.2) is 4.79 Å². The van der Waals surface area contributed by atoms with Crippen molar-refractivity contribution >= 4 is 62.9 Å². The molecular weight excluding hydrogens is 489 g/mol. The maximum atomic E-state index is 13.1. The fourth-order valence-corrected chi connectivity index (χ4v) is 4.29. The van der Waals surface area contributed by atoms with Crippen LogP contribution < -0.4 is 10.3 Å². The van der Waals surface area contributed by atoms with Crippen molar-refractivity contribution in [3.63, 3.8) is 0 Å². The lowest BCUT2D eigenvalue weighted by molar-refractivity contribution is 0.0694. The molecule has 0 atom stereocenters. The van der Waals surface area contributed by atoms with Crippen LogP contribution in [-0.4, -0.2) is 18.1 Å². The highest BCUT2D eigenvalue weighted by molar-refractivity contribution is 6.37. The molecule has 174 valence electrons. The number of nitrogens with one attached hydrogen (secondary N) is 1. The third-order valence-electron chi connectivity index (χ3n) is 5.49. The smallest absolute Gasteiger partial charge is 0.343 e. The van der Waals surface area contributed by atoms with Gasteiger partial charge in [-0.15, -0.1) is 0 Å². The maximum absolute atomic E-state index is 13.1. The summed E-state index contributed by atoms with van der Waals surface area (Å²) in [7, 11) is 1.55. The third-order valence-corrected chi connectivity index (χ3v) is 6.17. The number of aromatic amines is 1. The number of furan rings is 1. The van der Waals surface area contributed by atoms with Gasteiger partial charge < -0.3 is 18.9 Å². The Balaban J connectivity index is 1.79. The third kappa shape index (κ3) is 4.18. The minimum atomic E-state index is -0.592. The second-order valence-corrected chi connectivity index (χ2v) is 8.36. The number of H-pyrrole nitrogens is 1. The number of ether oxygens (including phenoxy) is 2. The number of para-hydroxylation sites is 1. The first-order valence-electron chi connectivity index (χ1n) is 10.5. The van der Waals surface area contributed by atoms with Gasteiger partial charge in [0.1, 0.15) is 16.4 Å². The van der Waals surface area contributed by atoms with E-state index in [4.69, 9.17) is 37.1 Å². The summed E-state index contributed by atoms with van der Waals surface area (Å²) in [5.41, 5.74) is 1.69. The molecular formula is C27H17Cl2NO5. The van der Waals surface area contributed by atoms with Crippen molar-refractivity contribution in [3.8, 4) is 5.75 Å². The topological polar surface area (TPSA) is 81.5 Å². The van der Waals surface area contributed by atoms with E-state index in [-0.39, 0.29) is 21.4 Å². The van der Waals surface area contributed by atoms with E-state index in [2.05, 4.69) is 4.98 Å². The lowest BCUT2D eigenvalue weighted by Gasteiger charge is -2.13. The Morgan fingerprint density at radius 2 is 1.74 bits per heavy atom. The highest BCUT2D eigenvalue weighted by Crippen LogP contribution is 2.41. The highest BCUT2D eigenvalue weighted by Gasteiger charge is 2.22. The van der Waals surface area contributed by atoms with Crippen LogP contribution >= 0.6 is 23.2 Å². The van der Waals surface area contributed by atoms with Crippen LogP contribution in [0.1, 0.15) is 21.5 Å². The number of methoxy groups -OCH3 is 1. The Morgan fingerprint density at radius 3 is 2.51 bits per heavy atom. The molecule has 6 nitrogen and oxygen atoms in total. The van der Waals surface area contributed by atoms with E-state index < -0.39 is 11.5 Å². The number of hydrogen-bond donors (Lipinski definition) is 1. The minimum Gasteiger partial charge on any atom is -0.493 e. The molecule has 2 heterocycles. The molecule has 35 heavy (non-hydrogen) atoms. The molecule has 5 rings (SSSR count). The summed E-state index contributed by atoms with van der Waals surface area (Å²) in [4.78, 5) is 27.7. The van der Waals surface area contributed by atoms with Crippen LogP contribution in [0.4, 0.5) is 0 Å². The molecule has 0 fully saturated rings. The lowest BCUT2D eigenvalue weighted by Crippen LogP contribution is -2.08. The summed E-state index contributed by atoms with van der Waals surface area (Å²) in [6.07, 6.45) is 2.80. The normalized spacial score (nSPS) is 11.7. The zero-order valence-electron chi connectivity index (χ0n) is 18.3. The van der Waals surface area contributed by atoms with E-state index in [1.165, 1.54) is 12.3 Å². The molecule has 0 aliphatic rings. The van der Waals surface area contributed by atoms with E-state index in [9.17, 15) is 9.59 Å². The van der Waals surface area contributed by atoms with Gasteiger partial charge in [-0.05, 0) is 36.4 Å². The summed E-state index contributed by atoms with van der Waals surface area (Å²) in [6, 6.07) is 19.5. The van der Waals surface area contributed by atoms with Gasteiger partial charge in [0.15, 0.2) is 11.3 Å². The predicted molar refractivity (Wildman–Crippen MR) is 137 cm³/mol. The van der Waals surface area contributed by atoms with E-state index in [0.717, 1.165) is 5.39 Å².